The van der Waals surface area contributed by atoms with Gasteiger partial charge >= 0.3 is 6.09 Å². The van der Waals surface area contributed by atoms with Gasteiger partial charge in [-0.15, -0.1) is 0 Å². The zero-order valence-electron chi connectivity index (χ0n) is 12.3. The van der Waals surface area contributed by atoms with Crippen LogP contribution in [0.3, 0.4) is 0 Å². The van der Waals surface area contributed by atoms with E-state index in [1.807, 2.05) is 30.3 Å². The summed E-state index contributed by atoms with van der Waals surface area (Å²) >= 11 is 0. The summed E-state index contributed by atoms with van der Waals surface area (Å²) in [4.78, 5) is 13.7. The summed E-state index contributed by atoms with van der Waals surface area (Å²) in [5.74, 6) is 0.140. The third kappa shape index (κ3) is 3.25. The lowest BCUT2D eigenvalue weighted by Gasteiger charge is -2.40. The molecular weight excluding hydrogens is 304 g/mol. The van der Waals surface area contributed by atoms with E-state index in [0.717, 1.165) is 5.56 Å². The monoisotopic (exact) mass is 324 g/mol. The summed E-state index contributed by atoms with van der Waals surface area (Å²) in [6.45, 7) is 1.45. The third-order valence-corrected chi connectivity index (χ3v) is 6.45. The first-order chi connectivity index (χ1) is 10.6. The molecular formula is C15H20N2O4S. The van der Waals surface area contributed by atoms with E-state index in [9.17, 15) is 13.2 Å². The lowest BCUT2D eigenvalue weighted by Crippen LogP contribution is -2.61. The normalized spacial score (nSPS) is 27.0. The lowest BCUT2D eigenvalue weighted by molar-refractivity contribution is 0.0856. The zero-order valence-corrected chi connectivity index (χ0v) is 13.1. The molecule has 0 aromatic heterocycles. The Kier molecular flexibility index (Phi) is 4.35. The molecule has 2 saturated heterocycles. The van der Waals surface area contributed by atoms with Crippen LogP contribution in [0.2, 0.25) is 0 Å². The summed E-state index contributed by atoms with van der Waals surface area (Å²) in [7, 11) is -3.13. The van der Waals surface area contributed by atoms with Crippen LogP contribution in [0.4, 0.5) is 4.79 Å². The van der Waals surface area contributed by atoms with E-state index in [-0.39, 0.29) is 24.9 Å². The molecule has 2 fully saturated rings. The highest BCUT2D eigenvalue weighted by Gasteiger charge is 2.42. The van der Waals surface area contributed by atoms with E-state index >= 15 is 0 Å². The predicted octanol–water partition coefficient (Wildman–Crippen LogP) is 0.784. The number of hydrogen-bond acceptors (Lipinski definition) is 5. The summed E-state index contributed by atoms with van der Waals surface area (Å²) < 4.78 is 29.6. The highest BCUT2D eigenvalue weighted by Crippen LogP contribution is 2.22. The van der Waals surface area contributed by atoms with Crippen LogP contribution >= 0.6 is 0 Å². The number of fused-ring (bicyclic) bond motifs is 1. The first kappa shape index (κ1) is 15.3. The van der Waals surface area contributed by atoms with Gasteiger partial charge in [0, 0.05) is 25.7 Å². The molecule has 0 saturated carbocycles. The highest BCUT2D eigenvalue weighted by atomic mass is 32.2. The van der Waals surface area contributed by atoms with Crippen molar-refractivity contribution in [1.29, 1.82) is 0 Å². The first-order valence-electron chi connectivity index (χ1n) is 7.47. The van der Waals surface area contributed by atoms with Crippen molar-refractivity contribution >= 4 is 15.9 Å². The molecule has 0 unspecified atom stereocenters. The second kappa shape index (κ2) is 6.26. The van der Waals surface area contributed by atoms with Gasteiger partial charge in [-0.3, -0.25) is 0 Å². The van der Waals surface area contributed by atoms with E-state index in [0.29, 0.717) is 19.5 Å². The molecule has 3 rings (SSSR count). The molecule has 6 nitrogen and oxygen atoms in total. The molecule has 2 heterocycles. The quantitative estimate of drug-likeness (QED) is 0.870. The standard InChI is InChI=1S/C15H20N2O4S/c18-15(21-11-12-4-2-1-3-5-12)17-8-6-13-14(10-17)22(19,20)9-7-16-13/h1-5,13-14,16H,6-11H2/t13-,14+/m1/s1. The summed E-state index contributed by atoms with van der Waals surface area (Å²) in [6.07, 6.45) is 0.202. The van der Waals surface area contributed by atoms with Crippen molar-refractivity contribution in [3.63, 3.8) is 0 Å². The van der Waals surface area contributed by atoms with Gasteiger partial charge in [0.1, 0.15) is 6.61 Å². The van der Waals surface area contributed by atoms with Crippen molar-refractivity contribution in [2.24, 2.45) is 0 Å². The molecule has 0 spiro atoms. The van der Waals surface area contributed by atoms with Crippen molar-refractivity contribution in [2.45, 2.75) is 24.3 Å². The Morgan fingerprint density at radius 1 is 1.32 bits per heavy atom. The number of hydrogen-bond donors (Lipinski definition) is 1. The number of nitrogens with one attached hydrogen (secondary N) is 1. The third-order valence-electron chi connectivity index (χ3n) is 4.28. The number of ether oxygens (including phenoxy) is 1. The number of benzene rings is 1. The smallest absolute Gasteiger partial charge is 0.410 e. The Morgan fingerprint density at radius 3 is 2.86 bits per heavy atom. The van der Waals surface area contributed by atoms with E-state index in [4.69, 9.17) is 4.74 Å². The fourth-order valence-electron chi connectivity index (χ4n) is 3.03. The van der Waals surface area contributed by atoms with Gasteiger partial charge in [-0.1, -0.05) is 30.3 Å². The SMILES string of the molecule is O=C(OCc1ccccc1)N1CC[C@H]2NCCS(=O)(=O)[C@H]2C1. The summed E-state index contributed by atoms with van der Waals surface area (Å²) in [5.41, 5.74) is 0.915. The van der Waals surface area contributed by atoms with E-state index in [1.54, 1.807) is 0 Å². The molecule has 0 bridgehead atoms. The maximum atomic E-state index is 12.1. The van der Waals surface area contributed by atoms with Crippen molar-refractivity contribution < 1.29 is 17.9 Å². The number of amides is 1. The molecule has 1 amide bonds. The van der Waals surface area contributed by atoms with Crippen LogP contribution in [0, 0.1) is 0 Å². The number of sulfone groups is 1. The van der Waals surface area contributed by atoms with Gasteiger partial charge in [-0.25, -0.2) is 13.2 Å². The number of nitrogens with zero attached hydrogens (tertiary/aromatic N) is 1. The van der Waals surface area contributed by atoms with E-state index in [1.165, 1.54) is 4.90 Å². The van der Waals surface area contributed by atoms with Crippen LogP contribution in [0.5, 0.6) is 0 Å². The van der Waals surface area contributed by atoms with Crippen molar-refractivity contribution in [3.05, 3.63) is 35.9 Å². The molecule has 0 aliphatic carbocycles. The molecule has 120 valence electrons. The minimum atomic E-state index is -3.13. The van der Waals surface area contributed by atoms with Crippen LogP contribution in [-0.4, -0.2) is 56.1 Å². The van der Waals surface area contributed by atoms with Crippen LogP contribution < -0.4 is 5.32 Å². The zero-order chi connectivity index (χ0) is 15.6. The topological polar surface area (TPSA) is 75.7 Å². The van der Waals surface area contributed by atoms with Crippen molar-refractivity contribution in [1.82, 2.24) is 10.2 Å². The van der Waals surface area contributed by atoms with Crippen molar-refractivity contribution in [3.8, 4) is 0 Å². The van der Waals surface area contributed by atoms with Crippen LogP contribution in [-0.2, 0) is 21.2 Å². The maximum absolute atomic E-state index is 12.1. The molecule has 7 heteroatoms. The predicted molar refractivity (Wildman–Crippen MR) is 82.2 cm³/mol. The Bertz CT molecular complexity index is 632. The number of carbonyl (C=O) groups is 1. The average Bonchev–Trinajstić information content (AvgIpc) is 2.53. The number of rotatable bonds is 2. The number of carbonyl (C=O) groups excluding carboxylic acids is 1. The molecule has 1 aromatic carbocycles. The van der Waals surface area contributed by atoms with Gasteiger partial charge in [0.25, 0.3) is 0 Å². The number of piperidine rings is 1. The number of likely N-dealkylation sites (tertiary alicyclic amines) is 1. The maximum Gasteiger partial charge on any atom is 0.410 e. The van der Waals surface area contributed by atoms with Gasteiger partial charge in [0.05, 0.1) is 11.0 Å². The van der Waals surface area contributed by atoms with Gasteiger partial charge in [0.2, 0.25) is 0 Å². The molecule has 2 aliphatic heterocycles. The van der Waals surface area contributed by atoms with Gasteiger partial charge < -0.3 is 15.0 Å². The molecule has 2 atom stereocenters. The van der Waals surface area contributed by atoms with Crippen molar-refractivity contribution in [2.75, 3.05) is 25.4 Å². The first-order valence-corrected chi connectivity index (χ1v) is 9.18. The Labute approximate surface area is 130 Å². The van der Waals surface area contributed by atoms with Gasteiger partial charge in [-0.05, 0) is 12.0 Å². The van der Waals surface area contributed by atoms with Crippen LogP contribution in [0.1, 0.15) is 12.0 Å². The Hall–Kier alpha value is -1.60. The Balaban J connectivity index is 1.60. The highest BCUT2D eigenvalue weighted by molar-refractivity contribution is 7.92. The van der Waals surface area contributed by atoms with E-state index < -0.39 is 21.2 Å². The van der Waals surface area contributed by atoms with Crippen LogP contribution in [0.25, 0.3) is 0 Å². The molecule has 1 aromatic rings. The fourth-order valence-corrected chi connectivity index (χ4v) is 4.87. The summed E-state index contributed by atoms with van der Waals surface area (Å²) in [6, 6.07) is 9.39. The Morgan fingerprint density at radius 2 is 2.09 bits per heavy atom. The average molecular weight is 324 g/mol. The lowest BCUT2D eigenvalue weighted by atomic mass is 10.0. The second-order valence-electron chi connectivity index (χ2n) is 5.74. The minimum absolute atomic E-state index is 0.0445. The second-order valence-corrected chi connectivity index (χ2v) is 8.08. The molecule has 1 N–H and O–H groups in total. The minimum Gasteiger partial charge on any atom is -0.445 e. The molecule has 0 radical (unpaired) electrons. The largest absolute Gasteiger partial charge is 0.445 e. The van der Waals surface area contributed by atoms with Gasteiger partial charge in [-0.2, -0.15) is 0 Å². The van der Waals surface area contributed by atoms with E-state index in [2.05, 4.69) is 5.32 Å². The fraction of sp³-hybridized carbons (Fsp3) is 0.533. The molecule has 22 heavy (non-hydrogen) atoms. The van der Waals surface area contributed by atoms with Gasteiger partial charge in [0.15, 0.2) is 9.84 Å². The van der Waals surface area contributed by atoms with Crippen LogP contribution in [0.15, 0.2) is 30.3 Å². The summed E-state index contributed by atoms with van der Waals surface area (Å²) in [5, 5.41) is 2.72. The molecule has 2 aliphatic rings.